The van der Waals surface area contributed by atoms with Crippen molar-refractivity contribution in [3.8, 4) is 0 Å². The molecular formula is C13H25ClN2O2. The molecule has 106 valence electrons. The van der Waals surface area contributed by atoms with Gasteiger partial charge in [0.25, 0.3) is 0 Å². The molecule has 0 atom stereocenters. The van der Waals surface area contributed by atoms with Gasteiger partial charge in [-0.3, -0.25) is 4.90 Å². The fourth-order valence-corrected chi connectivity index (χ4v) is 2.34. The van der Waals surface area contributed by atoms with Gasteiger partial charge in [-0.15, -0.1) is 11.6 Å². The van der Waals surface area contributed by atoms with E-state index in [1.807, 2.05) is 6.92 Å². The molecule has 1 rings (SSSR count). The molecule has 0 aromatic carbocycles. The lowest BCUT2D eigenvalue weighted by molar-refractivity contribution is 0.0792. The summed E-state index contributed by atoms with van der Waals surface area (Å²) in [4.78, 5) is 15.7. The quantitative estimate of drug-likeness (QED) is 0.529. The number of carbonyl (C=O) groups excluding carboxylic acids is 1. The Labute approximate surface area is 115 Å². The molecule has 0 N–H and O–H groups in total. The fourth-order valence-electron chi connectivity index (χ4n) is 2.15. The number of nitrogens with zero attached hydrogens (tertiary/aromatic N) is 2. The summed E-state index contributed by atoms with van der Waals surface area (Å²) >= 11 is 5.64. The molecule has 0 unspecified atom stereocenters. The Kier molecular flexibility index (Phi) is 8.18. The molecule has 0 aromatic heterocycles. The van der Waals surface area contributed by atoms with Crippen LogP contribution in [-0.4, -0.2) is 61.1 Å². The lowest BCUT2D eigenvalue weighted by Crippen LogP contribution is -2.49. The minimum absolute atomic E-state index is 0.167. The maximum atomic E-state index is 11.5. The van der Waals surface area contributed by atoms with Crippen molar-refractivity contribution in [3.05, 3.63) is 0 Å². The summed E-state index contributed by atoms with van der Waals surface area (Å²) in [6.45, 7) is 6.96. The number of carbonyl (C=O) groups is 1. The molecule has 0 spiro atoms. The van der Waals surface area contributed by atoms with Gasteiger partial charge in [-0.2, -0.15) is 0 Å². The number of piperazine rings is 1. The molecule has 1 saturated heterocycles. The van der Waals surface area contributed by atoms with E-state index in [1.54, 1.807) is 4.90 Å². The smallest absolute Gasteiger partial charge is 0.409 e. The van der Waals surface area contributed by atoms with Crippen LogP contribution >= 0.6 is 11.6 Å². The molecule has 1 aliphatic heterocycles. The third-order valence-electron chi connectivity index (χ3n) is 3.26. The standard InChI is InChI=1S/C13H25ClN2O2/c1-2-18-13(17)16-11-9-15(10-12-16)8-6-4-3-5-7-14/h2-12H2,1H3. The summed E-state index contributed by atoms with van der Waals surface area (Å²) in [7, 11) is 0. The molecule has 0 aliphatic carbocycles. The minimum atomic E-state index is -0.167. The molecule has 1 aliphatic rings. The molecule has 1 amide bonds. The van der Waals surface area contributed by atoms with Crippen molar-refractivity contribution in [1.29, 1.82) is 0 Å². The molecule has 1 fully saturated rings. The van der Waals surface area contributed by atoms with Gasteiger partial charge in [0, 0.05) is 32.1 Å². The minimum Gasteiger partial charge on any atom is -0.450 e. The van der Waals surface area contributed by atoms with Crippen LogP contribution in [0.25, 0.3) is 0 Å². The van der Waals surface area contributed by atoms with Crippen molar-refractivity contribution < 1.29 is 9.53 Å². The largest absolute Gasteiger partial charge is 0.450 e. The second-order valence-corrected chi connectivity index (χ2v) is 5.01. The predicted octanol–water partition coefficient (Wildman–Crippen LogP) is 2.56. The average molecular weight is 277 g/mol. The Bertz CT molecular complexity index is 231. The Balaban J connectivity index is 2.06. The van der Waals surface area contributed by atoms with Crippen LogP contribution in [-0.2, 0) is 4.74 Å². The van der Waals surface area contributed by atoms with Gasteiger partial charge in [0.2, 0.25) is 0 Å². The summed E-state index contributed by atoms with van der Waals surface area (Å²) < 4.78 is 5.00. The second-order valence-electron chi connectivity index (χ2n) is 4.63. The topological polar surface area (TPSA) is 32.8 Å². The van der Waals surface area contributed by atoms with Crippen LogP contribution in [0.3, 0.4) is 0 Å². The first-order valence-corrected chi connectivity index (χ1v) is 7.51. The molecule has 0 aromatic rings. The number of hydrogen-bond donors (Lipinski definition) is 0. The number of halogens is 1. The Morgan fingerprint density at radius 1 is 1.11 bits per heavy atom. The van der Waals surface area contributed by atoms with Crippen molar-refractivity contribution in [2.24, 2.45) is 0 Å². The SMILES string of the molecule is CCOC(=O)N1CCN(CCCCCCCl)CC1. The van der Waals surface area contributed by atoms with Crippen LogP contribution in [0.1, 0.15) is 32.6 Å². The van der Waals surface area contributed by atoms with Crippen molar-refractivity contribution in [2.45, 2.75) is 32.6 Å². The van der Waals surface area contributed by atoms with Gasteiger partial charge in [-0.25, -0.2) is 4.79 Å². The molecule has 18 heavy (non-hydrogen) atoms. The highest BCUT2D eigenvalue weighted by atomic mass is 35.5. The Hall–Kier alpha value is -0.480. The first-order valence-electron chi connectivity index (χ1n) is 6.98. The van der Waals surface area contributed by atoms with Crippen molar-refractivity contribution in [2.75, 3.05) is 45.2 Å². The first kappa shape index (κ1) is 15.6. The average Bonchev–Trinajstić information content (AvgIpc) is 2.39. The molecule has 4 nitrogen and oxygen atoms in total. The number of rotatable bonds is 7. The van der Waals surface area contributed by atoms with Crippen molar-refractivity contribution in [3.63, 3.8) is 0 Å². The van der Waals surface area contributed by atoms with E-state index >= 15 is 0 Å². The van der Waals surface area contributed by atoms with E-state index in [9.17, 15) is 4.79 Å². The van der Waals surface area contributed by atoms with Gasteiger partial charge < -0.3 is 9.64 Å². The normalized spacial score (nSPS) is 16.9. The monoisotopic (exact) mass is 276 g/mol. The van der Waals surface area contributed by atoms with Crippen LogP contribution in [0.2, 0.25) is 0 Å². The van der Waals surface area contributed by atoms with E-state index in [4.69, 9.17) is 16.3 Å². The van der Waals surface area contributed by atoms with E-state index in [1.165, 1.54) is 19.3 Å². The van der Waals surface area contributed by atoms with Gasteiger partial charge in [0.1, 0.15) is 0 Å². The molecule has 0 saturated carbocycles. The Morgan fingerprint density at radius 3 is 2.39 bits per heavy atom. The van der Waals surface area contributed by atoms with E-state index in [-0.39, 0.29) is 6.09 Å². The number of ether oxygens (including phenoxy) is 1. The van der Waals surface area contributed by atoms with E-state index < -0.39 is 0 Å². The summed E-state index contributed by atoms with van der Waals surface area (Å²) in [5, 5.41) is 0. The maximum Gasteiger partial charge on any atom is 0.409 e. The zero-order valence-electron chi connectivity index (χ0n) is 11.4. The van der Waals surface area contributed by atoms with Crippen LogP contribution in [0.5, 0.6) is 0 Å². The third kappa shape index (κ3) is 5.91. The van der Waals surface area contributed by atoms with Crippen LogP contribution in [0, 0.1) is 0 Å². The predicted molar refractivity (Wildman–Crippen MR) is 74.2 cm³/mol. The number of unbranched alkanes of at least 4 members (excludes halogenated alkanes) is 3. The van der Waals surface area contributed by atoms with Gasteiger partial charge >= 0.3 is 6.09 Å². The highest BCUT2D eigenvalue weighted by Gasteiger charge is 2.21. The van der Waals surface area contributed by atoms with E-state index in [0.717, 1.165) is 45.0 Å². The number of alkyl halides is 1. The lowest BCUT2D eigenvalue weighted by Gasteiger charge is -2.33. The molecular weight excluding hydrogens is 252 g/mol. The van der Waals surface area contributed by atoms with E-state index in [0.29, 0.717) is 6.61 Å². The first-order chi connectivity index (χ1) is 8.77. The maximum absolute atomic E-state index is 11.5. The summed E-state index contributed by atoms with van der Waals surface area (Å²) in [5.41, 5.74) is 0. The van der Waals surface area contributed by atoms with Crippen LogP contribution in [0.4, 0.5) is 4.79 Å². The van der Waals surface area contributed by atoms with E-state index in [2.05, 4.69) is 4.90 Å². The Morgan fingerprint density at radius 2 is 1.78 bits per heavy atom. The van der Waals surface area contributed by atoms with Gasteiger partial charge in [0.15, 0.2) is 0 Å². The molecule has 1 heterocycles. The van der Waals surface area contributed by atoms with Gasteiger partial charge in [-0.05, 0) is 26.3 Å². The summed E-state index contributed by atoms with van der Waals surface area (Å²) in [6.07, 6.45) is 4.67. The molecule has 0 bridgehead atoms. The van der Waals surface area contributed by atoms with Crippen LogP contribution in [0.15, 0.2) is 0 Å². The second kappa shape index (κ2) is 9.45. The van der Waals surface area contributed by atoms with Gasteiger partial charge in [0.05, 0.1) is 6.61 Å². The lowest BCUT2D eigenvalue weighted by atomic mass is 10.2. The highest BCUT2D eigenvalue weighted by molar-refractivity contribution is 6.17. The van der Waals surface area contributed by atoms with Gasteiger partial charge in [-0.1, -0.05) is 12.8 Å². The van der Waals surface area contributed by atoms with Crippen LogP contribution < -0.4 is 0 Å². The number of amides is 1. The fraction of sp³-hybridized carbons (Fsp3) is 0.923. The third-order valence-corrected chi connectivity index (χ3v) is 3.52. The summed E-state index contributed by atoms with van der Waals surface area (Å²) in [6, 6.07) is 0. The molecule has 0 radical (unpaired) electrons. The van der Waals surface area contributed by atoms with Crippen molar-refractivity contribution in [1.82, 2.24) is 9.80 Å². The number of hydrogen-bond acceptors (Lipinski definition) is 3. The molecule has 5 heteroatoms. The highest BCUT2D eigenvalue weighted by Crippen LogP contribution is 2.07. The zero-order chi connectivity index (χ0) is 13.2. The van der Waals surface area contributed by atoms with Crippen molar-refractivity contribution >= 4 is 17.7 Å². The summed E-state index contributed by atoms with van der Waals surface area (Å²) in [5.74, 6) is 0.776. The zero-order valence-corrected chi connectivity index (χ0v) is 12.1.